The second-order valence-electron chi connectivity index (χ2n) is 5.82. The molecular formula is C19H17Cl2N3O3. The topological polar surface area (TPSA) is 73.2 Å². The molecule has 0 saturated carbocycles. The van der Waals surface area contributed by atoms with Crippen molar-refractivity contribution >= 4 is 40.0 Å². The number of halogens is 2. The Hall–Kier alpha value is -2.41. The van der Waals surface area contributed by atoms with Crippen molar-refractivity contribution < 1.29 is 9.53 Å². The van der Waals surface area contributed by atoms with Crippen LogP contribution in [-0.4, -0.2) is 28.8 Å². The van der Waals surface area contributed by atoms with Crippen LogP contribution in [0, 0.1) is 0 Å². The molecule has 0 aliphatic heterocycles. The summed E-state index contributed by atoms with van der Waals surface area (Å²) in [5.41, 5.74) is 1.28. The molecule has 27 heavy (non-hydrogen) atoms. The van der Waals surface area contributed by atoms with Gasteiger partial charge in [-0.15, -0.1) is 0 Å². The van der Waals surface area contributed by atoms with Gasteiger partial charge in [-0.2, -0.15) is 5.10 Å². The van der Waals surface area contributed by atoms with Crippen LogP contribution in [0.1, 0.15) is 5.56 Å². The quantitative estimate of drug-likeness (QED) is 0.613. The molecule has 0 fully saturated rings. The van der Waals surface area contributed by atoms with Gasteiger partial charge in [0.1, 0.15) is 6.54 Å². The number of ether oxygens (including phenoxy) is 1. The summed E-state index contributed by atoms with van der Waals surface area (Å²) in [4.78, 5) is 23.9. The van der Waals surface area contributed by atoms with Crippen LogP contribution in [0.2, 0.25) is 10.0 Å². The highest BCUT2D eigenvalue weighted by Crippen LogP contribution is 2.21. The third-order valence-electron chi connectivity index (χ3n) is 3.90. The Morgan fingerprint density at radius 3 is 2.81 bits per heavy atom. The first-order valence-electron chi connectivity index (χ1n) is 8.28. The number of benzene rings is 2. The lowest BCUT2D eigenvalue weighted by Crippen LogP contribution is -2.31. The summed E-state index contributed by atoms with van der Waals surface area (Å²) in [6, 6.07) is 12.3. The van der Waals surface area contributed by atoms with Crippen molar-refractivity contribution in [3.8, 4) is 0 Å². The van der Waals surface area contributed by atoms with E-state index in [1.54, 1.807) is 42.5 Å². The van der Waals surface area contributed by atoms with Gasteiger partial charge in [-0.3, -0.25) is 14.3 Å². The van der Waals surface area contributed by atoms with Gasteiger partial charge in [-0.05, 0) is 29.8 Å². The molecule has 0 aliphatic carbocycles. The van der Waals surface area contributed by atoms with E-state index in [1.165, 1.54) is 10.9 Å². The maximum atomic E-state index is 12.1. The predicted molar refractivity (Wildman–Crippen MR) is 105 cm³/mol. The molecule has 2 aromatic carbocycles. The van der Waals surface area contributed by atoms with Crippen molar-refractivity contribution in [1.29, 1.82) is 0 Å². The van der Waals surface area contributed by atoms with E-state index in [1.807, 2.05) is 0 Å². The molecule has 3 aromatic rings. The largest absolute Gasteiger partial charge is 0.375 e. The van der Waals surface area contributed by atoms with Crippen LogP contribution in [0.5, 0.6) is 0 Å². The molecule has 0 bridgehead atoms. The SMILES string of the molecule is O=C(Cn1ncc(=O)c2ccccc21)NCCOCc1ccc(Cl)cc1Cl. The Morgan fingerprint density at radius 1 is 1.19 bits per heavy atom. The molecule has 1 aromatic heterocycles. The molecule has 0 unspecified atom stereocenters. The maximum absolute atomic E-state index is 12.1. The summed E-state index contributed by atoms with van der Waals surface area (Å²) in [6.07, 6.45) is 1.22. The smallest absolute Gasteiger partial charge is 0.241 e. The van der Waals surface area contributed by atoms with Gasteiger partial charge in [0, 0.05) is 22.0 Å². The maximum Gasteiger partial charge on any atom is 0.241 e. The first-order chi connectivity index (χ1) is 13.0. The van der Waals surface area contributed by atoms with Gasteiger partial charge in [0.2, 0.25) is 11.3 Å². The highest BCUT2D eigenvalue weighted by molar-refractivity contribution is 6.35. The zero-order chi connectivity index (χ0) is 19.2. The fourth-order valence-corrected chi connectivity index (χ4v) is 3.03. The van der Waals surface area contributed by atoms with Crippen molar-refractivity contribution in [2.24, 2.45) is 0 Å². The van der Waals surface area contributed by atoms with Crippen LogP contribution in [0.3, 0.4) is 0 Å². The van der Waals surface area contributed by atoms with Crippen molar-refractivity contribution in [2.75, 3.05) is 13.2 Å². The highest BCUT2D eigenvalue weighted by atomic mass is 35.5. The van der Waals surface area contributed by atoms with Crippen LogP contribution in [-0.2, 0) is 22.7 Å². The Bertz CT molecular complexity index is 1020. The number of hydrogen-bond acceptors (Lipinski definition) is 4. The lowest BCUT2D eigenvalue weighted by molar-refractivity contribution is -0.122. The third kappa shape index (κ3) is 5.07. The number of rotatable bonds is 7. The minimum absolute atomic E-state index is 0.0177. The monoisotopic (exact) mass is 405 g/mol. The standard InChI is InChI=1S/C19H17Cl2N3O3/c20-14-6-5-13(16(21)9-14)12-27-8-7-22-19(26)11-24-17-4-2-1-3-15(17)18(25)10-23-24/h1-6,9-10H,7-8,11-12H2,(H,22,26). The number of carbonyl (C=O) groups excluding carboxylic acids is 1. The lowest BCUT2D eigenvalue weighted by Gasteiger charge is -2.10. The lowest BCUT2D eigenvalue weighted by atomic mass is 10.2. The van der Waals surface area contributed by atoms with E-state index in [4.69, 9.17) is 27.9 Å². The van der Waals surface area contributed by atoms with E-state index in [2.05, 4.69) is 10.4 Å². The average molecular weight is 406 g/mol. The molecule has 0 atom stereocenters. The van der Waals surface area contributed by atoms with Gasteiger partial charge < -0.3 is 10.1 Å². The summed E-state index contributed by atoms with van der Waals surface area (Å²) < 4.78 is 7.02. The minimum Gasteiger partial charge on any atom is -0.375 e. The van der Waals surface area contributed by atoms with Crippen molar-refractivity contribution in [1.82, 2.24) is 15.1 Å². The van der Waals surface area contributed by atoms with Crippen molar-refractivity contribution in [3.05, 3.63) is 74.5 Å². The predicted octanol–water partition coefficient (Wildman–Crippen LogP) is 3.04. The second kappa shape index (κ2) is 8.99. The number of aromatic nitrogens is 2. The Labute approximate surface area is 165 Å². The highest BCUT2D eigenvalue weighted by Gasteiger charge is 2.08. The van der Waals surface area contributed by atoms with Crippen molar-refractivity contribution in [2.45, 2.75) is 13.2 Å². The van der Waals surface area contributed by atoms with Gasteiger partial charge in [0.15, 0.2) is 0 Å². The van der Waals surface area contributed by atoms with E-state index in [0.717, 1.165) is 5.56 Å². The van der Waals surface area contributed by atoms with Crippen LogP contribution in [0.15, 0.2) is 53.5 Å². The van der Waals surface area contributed by atoms with Crippen molar-refractivity contribution in [3.63, 3.8) is 0 Å². The van der Waals surface area contributed by atoms with Gasteiger partial charge in [-0.1, -0.05) is 41.4 Å². The summed E-state index contributed by atoms with van der Waals surface area (Å²) in [7, 11) is 0. The average Bonchev–Trinajstić information content (AvgIpc) is 2.65. The molecule has 0 spiro atoms. The first-order valence-corrected chi connectivity index (χ1v) is 9.03. The molecule has 0 aliphatic rings. The first kappa shape index (κ1) is 19.4. The summed E-state index contributed by atoms with van der Waals surface area (Å²) in [5, 5.41) is 8.44. The fraction of sp³-hybridized carbons (Fsp3) is 0.211. The number of nitrogens with one attached hydrogen (secondary N) is 1. The summed E-state index contributed by atoms with van der Waals surface area (Å²) in [6.45, 7) is 1.03. The zero-order valence-corrected chi connectivity index (χ0v) is 15.8. The fourth-order valence-electron chi connectivity index (χ4n) is 2.56. The Balaban J connectivity index is 1.48. The molecule has 1 N–H and O–H groups in total. The van der Waals surface area contributed by atoms with Crippen LogP contribution < -0.4 is 10.7 Å². The molecule has 8 heteroatoms. The van der Waals surface area contributed by atoms with Gasteiger partial charge >= 0.3 is 0 Å². The van der Waals surface area contributed by atoms with E-state index < -0.39 is 0 Å². The number of amides is 1. The van der Waals surface area contributed by atoms with Gasteiger partial charge in [-0.25, -0.2) is 0 Å². The molecule has 140 valence electrons. The Morgan fingerprint density at radius 2 is 2.00 bits per heavy atom. The minimum atomic E-state index is -0.218. The van der Waals surface area contributed by atoms with Crippen LogP contribution in [0.4, 0.5) is 0 Å². The molecule has 6 nitrogen and oxygen atoms in total. The molecule has 3 rings (SSSR count). The van der Waals surface area contributed by atoms with Gasteiger partial charge in [0.05, 0.1) is 24.9 Å². The number of nitrogens with zero attached hydrogens (tertiary/aromatic N) is 2. The number of fused-ring (bicyclic) bond motifs is 1. The molecule has 0 saturated heterocycles. The summed E-state index contributed by atoms with van der Waals surface area (Å²) in [5.74, 6) is -0.218. The summed E-state index contributed by atoms with van der Waals surface area (Å²) >= 11 is 11.9. The molecular weight excluding hydrogens is 389 g/mol. The van der Waals surface area contributed by atoms with E-state index in [-0.39, 0.29) is 17.9 Å². The third-order valence-corrected chi connectivity index (χ3v) is 4.48. The number of para-hydroxylation sites is 1. The molecule has 1 amide bonds. The normalized spacial score (nSPS) is 10.9. The van der Waals surface area contributed by atoms with Gasteiger partial charge in [0.25, 0.3) is 0 Å². The number of hydrogen-bond donors (Lipinski definition) is 1. The molecule has 1 heterocycles. The van der Waals surface area contributed by atoms with Crippen LogP contribution in [0.25, 0.3) is 10.9 Å². The van der Waals surface area contributed by atoms with E-state index >= 15 is 0 Å². The number of carbonyl (C=O) groups is 1. The van der Waals surface area contributed by atoms with E-state index in [9.17, 15) is 9.59 Å². The molecule has 0 radical (unpaired) electrons. The zero-order valence-electron chi connectivity index (χ0n) is 14.3. The van der Waals surface area contributed by atoms with Crippen LogP contribution >= 0.6 is 23.2 Å². The van der Waals surface area contributed by atoms with E-state index in [0.29, 0.717) is 40.7 Å². The Kier molecular flexibility index (Phi) is 6.45. The second-order valence-corrected chi connectivity index (χ2v) is 6.67.